The lowest BCUT2D eigenvalue weighted by Crippen LogP contribution is -2.15. The smallest absolute Gasteiger partial charge is 0.282 e. The van der Waals surface area contributed by atoms with Crippen LogP contribution >= 0.6 is 0 Å². The van der Waals surface area contributed by atoms with Crippen LogP contribution in [0.15, 0.2) is 30.7 Å². The Hall–Kier alpha value is -2.70. The molecule has 1 N–H and O–H groups in total. The van der Waals surface area contributed by atoms with Crippen molar-refractivity contribution in [3.05, 3.63) is 52.0 Å². The number of hydrogen-bond acceptors (Lipinski definition) is 4. The van der Waals surface area contributed by atoms with E-state index in [2.05, 4.69) is 10.3 Å². The topological polar surface area (TPSA) is 90.1 Å². The molecule has 1 heterocycles. The van der Waals surface area contributed by atoms with Crippen LogP contribution in [0.2, 0.25) is 0 Å². The van der Waals surface area contributed by atoms with Crippen LogP contribution < -0.4 is 5.32 Å². The van der Waals surface area contributed by atoms with Crippen LogP contribution in [-0.2, 0) is 0 Å². The largest absolute Gasteiger partial charge is 0.333 e. The minimum atomic E-state index is -0.561. The van der Waals surface area contributed by atoms with Gasteiger partial charge in [-0.15, -0.1) is 0 Å². The molecule has 1 aromatic heterocycles. The first-order chi connectivity index (χ1) is 9.90. The number of carbonyl (C=O) groups is 1. The Balaban J connectivity index is 2.30. The third-order valence-corrected chi connectivity index (χ3v) is 3.11. The van der Waals surface area contributed by atoms with Crippen LogP contribution in [-0.4, -0.2) is 20.4 Å². The average Bonchev–Trinajstić information content (AvgIpc) is 2.86. The fraction of sp³-hybridized carbons (Fsp3) is 0.286. The highest BCUT2D eigenvalue weighted by Gasteiger charge is 2.22. The average molecular weight is 288 g/mol. The molecule has 2 rings (SSSR count). The third kappa shape index (κ3) is 3.07. The van der Waals surface area contributed by atoms with Gasteiger partial charge in [0.15, 0.2) is 5.82 Å². The summed E-state index contributed by atoms with van der Waals surface area (Å²) in [5.74, 6) is -0.167. The lowest BCUT2D eigenvalue weighted by Gasteiger charge is -2.07. The summed E-state index contributed by atoms with van der Waals surface area (Å²) in [7, 11) is 0. The van der Waals surface area contributed by atoms with Gasteiger partial charge < -0.3 is 9.88 Å². The standard InChI is InChI=1S/C14H16N4O3/c1-9(2)17-7-12(15-8-17)16-14(19)13-10(3)5-4-6-11(13)18(20)21/h4-9H,1-3H3,(H,16,19). The van der Waals surface area contributed by atoms with Crippen LogP contribution in [0.4, 0.5) is 11.5 Å². The van der Waals surface area contributed by atoms with Crippen LogP contribution in [0.3, 0.4) is 0 Å². The zero-order valence-corrected chi connectivity index (χ0v) is 12.0. The molecule has 0 aliphatic carbocycles. The number of aryl methyl sites for hydroxylation is 1. The monoisotopic (exact) mass is 288 g/mol. The van der Waals surface area contributed by atoms with Crippen LogP contribution in [0, 0.1) is 17.0 Å². The van der Waals surface area contributed by atoms with E-state index in [1.165, 1.54) is 6.07 Å². The van der Waals surface area contributed by atoms with Gasteiger partial charge in [-0.1, -0.05) is 12.1 Å². The van der Waals surface area contributed by atoms with E-state index in [0.717, 1.165) is 0 Å². The predicted octanol–water partition coefficient (Wildman–Crippen LogP) is 2.93. The van der Waals surface area contributed by atoms with Gasteiger partial charge in [-0.25, -0.2) is 4.98 Å². The lowest BCUT2D eigenvalue weighted by molar-refractivity contribution is -0.385. The van der Waals surface area contributed by atoms with E-state index in [0.29, 0.717) is 11.4 Å². The van der Waals surface area contributed by atoms with Gasteiger partial charge in [0.1, 0.15) is 5.56 Å². The molecular weight excluding hydrogens is 272 g/mol. The van der Waals surface area contributed by atoms with Crippen molar-refractivity contribution in [1.82, 2.24) is 9.55 Å². The molecule has 0 spiro atoms. The van der Waals surface area contributed by atoms with Gasteiger partial charge in [0.2, 0.25) is 0 Å². The van der Waals surface area contributed by atoms with Gasteiger partial charge in [-0.05, 0) is 26.3 Å². The highest BCUT2D eigenvalue weighted by atomic mass is 16.6. The van der Waals surface area contributed by atoms with Crippen molar-refractivity contribution >= 4 is 17.4 Å². The number of nitrogens with zero attached hydrogens (tertiary/aromatic N) is 3. The SMILES string of the molecule is Cc1cccc([N+](=O)[O-])c1C(=O)Nc1cn(C(C)C)cn1. The zero-order chi connectivity index (χ0) is 15.6. The molecule has 2 aromatic rings. The van der Waals surface area contributed by atoms with Crippen molar-refractivity contribution in [2.75, 3.05) is 5.32 Å². The number of amides is 1. The van der Waals surface area contributed by atoms with E-state index < -0.39 is 10.8 Å². The summed E-state index contributed by atoms with van der Waals surface area (Å²) in [5.41, 5.74) is 0.391. The number of nitro benzene ring substituents is 1. The van der Waals surface area contributed by atoms with Crippen molar-refractivity contribution in [1.29, 1.82) is 0 Å². The Morgan fingerprint density at radius 3 is 2.71 bits per heavy atom. The van der Waals surface area contributed by atoms with Gasteiger partial charge in [-0.2, -0.15) is 0 Å². The highest BCUT2D eigenvalue weighted by molar-refractivity contribution is 6.07. The predicted molar refractivity (Wildman–Crippen MR) is 78.4 cm³/mol. The Kier molecular flexibility index (Phi) is 4.02. The summed E-state index contributed by atoms with van der Waals surface area (Å²) in [6.45, 7) is 5.63. The molecule has 0 saturated heterocycles. The molecule has 0 saturated carbocycles. The first-order valence-electron chi connectivity index (χ1n) is 6.49. The molecule has 0 aliphatic rings. The van der Waals surface area contributed by atoms with Crippen LogP contribution in [0.1, 0.15) is 35.8 Å². The zero-order valence-electron chi connectivity index (χ0n) is 12.0. The summed E-state index contributed by atoms with van der Waals surface area (Å²) >= 11 is 0. The highest BCUT2D eigenvalue weighted by Crippen LogP contribution is 2.23. The molecule has 0 unspecified atom stereocenters. The van der Waals surface area contributed by atoms with Crippen LogP contribution in [0.5, 0.6) is 0 Å². The van der Waals surface area contributed by atoms with E-state index in [9.17, 15) is 14.9 Å². The van der Waals surface area contributed by atoms with E-state index >= 15 is 0 Å². The first kappa shape index (κ1) is 14.7. The first-order valence-corrected chi connectivity index (χ1v) is 6.49. The van der Waals surface area contributed by atoms with Gasteiger partial charge in [-0.3, -0.25) is 14.9 Å². The summed E-state index contributed by atoms with van der Waals surface area (Å²) in [5, 5.41) is 13.6. The number of rotatable bonds is 4. The fourth-order valence-corrected chi connectivity index (χ4v) is 1.96. The van der Waals surface area contributed by atoms with Gasteiger partial charge >= 0.3 is 0 Å². The molecule has 1 amide bonds. The summed E-state index contributed by atoms with van der Waals surface area (Å²) < 4.78 is 1.84. The molecule has 0 atom stereocenters. The van der Waals surface area contributed by atoms with E-state index in [1.807, 2.05) is 18.4 Å². The number of anilines is 1. The molecular formula is C14H16N4O3. The van der Waals surface area contributed by atoms with Gasteiger partial charge in [0.05, 0.1) is 11.3 Å². The minimum absolute atomic E-state index is 0.0570. The number of benzene rings is 1. The molecule has 110 valence electrons. The lowest BCUT2D eigenvalue weighted by atomic mass is 10.1. The Morgan fingerprint density at radius 1 is 1.43 bits per heavy atom. The second-order valence-electron chi connectivity index (χ2n) is 4.98. The number of aromatic nitrogens is 2. The van der Waals surface area contributed by atoms with E-state index in [4.69, 9.17) is 0 Å². The minimum Gasteiger partial charge on any atom is -0.333 e. The van der Waals surface area contributed by atoms with Crippen molar-refractivity contribution in [2.24, 2.45) is 0 Å². The molecule has 1 aromatic carbocycles. The molecule has 0 bridgehead atoms. The van der Waals surface area contributed by atoms with Crippen molar-refractivity contribution in [3.63, 3.8) is 0 Å². The molecule has 7 heteroatoms. The fourth-order valence-electron chi connectivity index (χ4n) is 1.96. The van der Waals surface area contributed by atoms with Crippen LogP contribution in [0.25, 0.3) is 0 Å². The number of nitro groups is 1. The van der Waals surface area contributed by atoms with E-state index in [-0.39, 0.29) is 17.3 Å². The molecule has 0 radical (unpaired) electrons. The summed E-state index contributed by atoms with van der Waals surface area (Å²) in [4.78, 5) is 26.8. The summed E-state index contributed by atoms with van der Waals surface area (Å²) in [6, 6.07) is 4.75. The second kappa shape index (κ2) is 5.74. The third-order valence-electron chi connectivity index (χ3n) is 3.11. The molecule has 7 nitrogen and oxygen atoms in total. The Labute approximate surface area is 121 Å². The normalized spacial score (nSPS) is 10.7. The van der Waals surface area contributed by atoms with E-state index in [1.54, 1.807) is 31.6 Å². The number of nitrogens with one attached hydrogen (secondary N) is 1. The second-order valence-corrected chi connectivity index (χ2v) is 4.98. The van der Waals surface area contributed by atoms with Crippen molar-refractivity contribution in [3.8, 4) is 0 Å². The van der Waals surface area contributed by atoms with Crippen molar-refractivity contribution < 1.29 is 9.72 Å². The molecule has 21 heavy (non-hydrogen) atoms. The molecule has 0 fully saturated rings. The quantitative estimate of drug-likeness (QED) is 0.691. The maximum absolute atomic E-state index is 12.3. The Bertz CT molecular complexity index is 691. The van der Waals surface area contributed by atoms with Crippen molar-refractivity contribution in [2.45, 2.75) is 26.8 Å². The number of carbonyl (C=O) groups excluding carboxylic acids is 1. The molecule has 0 aliphatic heterocycles. The van der Waals surface area contributed by atoms with Gasteiger partial charge in [0.25, 0.3) is 11.6 Å². The maximum Gasteiger partial charge on any atom is 0.282 e. The van der Waals surface area contributed by atoms with Gasteiger partial charge in [0, 0.05) is 18.3 Å². The number of hydrogen-bond donors (Lipinski definition) is 1. The summed E-state index contributed by atoms with van der Waals surface area (Å²) in [6.07, 6.45) is 3.29. The number of imidazole rings is 1. The maximum atomic E-state index is 12.3. The Morgan fingerprint density at radius 2 is 2.14 bits per heavy atom.